The van der Waals surface area contributed by atoms with Crippen LogP contribution in [0.1, 0.15) is 351 Å². The molecule has 6 aliphatic rings. The third kappa shape index (κ3) is 31.5. The molecule has 9 heteroatoms. The molecule has 2 N–H and O–H groups in total. The molecule has 0 amide bonds. The molecular formula is C137H167N9. The van der Waals surface area contributed by atoms with E-state index < -0.39 is 0 Å². The van der Waals surface area contributed by atoms with Crippen molar-refractivity contribution < 1.29 is 0 Å². The first-order chi connectivity index (χ1) is 68.3. The molecule has 1 aliphatic heterocycles. The Morgan fingerprint density at radius 2 is 0.548 bits per heavy atom. The first-order valence-electron chi connectivity index (χ1n) is 52.7. The number of allylic oxidation sites excluding steroid dienone is 5. The van der Waals surface area contributed by atoms with Crippen LogP contribution >= 0.6 is 0 Å². The molecule has 8 aromatic carbocycles. The molecule has 8 aromatic heterocycles. The highest BCUT2D eigenvalue weighted by atomic mass is 14.8. The Bertz CT molecular complexity index is 6620. The highest BCUT2D eigenvalue weighted by Crippen LogP contribution is 2.38. The molecule has 9 heterocycles. The van der Waals surface area contributed by atoms with Crippen molar-refractivity contribution in [3.63, 3.8) is 0 Å². The number of fused-ring (bicyclic) bond motifs is 11. The average Bonchev–Trinajstić information content (AvgIpc) is 1.72. The standard InChI is InChI=1S/3C13H15N.3C13H16.4C12H15N.C11H14N2/c1-13(2,3)11-6-7-12-10(9-11)5-4-8-14-12;1-13(2,3)11-7-6-10-5-4-8-14-12(10)9-11;1-13(2,3)11-8-10-6-4-5-7-12(10)14-9-11;3*1-13(2,3)12-8-7-10-5-4-6-11(10)9-12;2*1-12(2,3)10-5-4-9-6-7-13-11(9)8-10;2*1-12(2,3)10-7-9-5-4-6-11(9)13-8-10;1-11(2,3)8-6-10-9(13-7-8)4-5-12-10/h3*4-9H,1-3H3;2*4,6-9H,5H2,1-3H3;4-5,7-9H,6H2,1-3H3;4-5,7-8H,6H2,1-3H3;4-8,13H,1-3H3;2*4-5,7-8H,6H2,1-3H3;4-7,12H,1-3H3. The van der Waals surface area contributed by atoms with Crippen molar-refractivity contribution in [2.24, 2.45) is 4.99 Å². The fourth-order valence-electron chi connectivity index (χ4n) is 17.2. The Labute approximate surface area is 877 Å². The fourth-order valence-corrected chi connectivity index (χ4v) is 17.2. The maximum atomic E-state index is 4.46. The van der Waals surface area contributed by atoms with Crippen LogP contribution < -0.4 is 0 Å². The predicted octanol–water partition coefficient (Wildman–Crippen LogP) is 36.7. The third-order valence-electron chi connectivity index (χ3n) is 27.5. The number of hydrogen-bond donors (Lipinski definition) is 2. The van der Waals surface area contributed by atoms with E-state index in [-0.39, 0.29) is 59.6 Å². The van der Waals surface area contributed by atoms with Crippen LogP contribution in [0.25, 0.3) is 85.0 Å². The minimum Gasteiger partial charge on any atom is -0.361 e. The van der Waals surface area contributed by atoms with E-state index in [2.05, 4.69) is 516 Å². The van der Waals surface area contributed by atoms with Crippen LogP contribution in [0, 0.1) is 0 Å². The van der Waals surface area contributed by atoms with Gasteiger partial charge in [-0.2, -0.15) is 0 Å². The molecule has 22 rings (SSSR count). The summed E-state index contributed by atoms with van der Waals surface area (Å²) in [5.41, 5.74) is 40.2. The summed E-state index contributed by atoms with van der Waals surface area (Å²) in [6.45, 7) is 73.6. The van der Waals surface area contributed by atoms with E-state index in [1.54, 1.807) is 0 Å². The summed E-state index contributed by atoms with van der Waals surface area (Å²) in [4.78, 5) is 37.2. The number of aliphatic imine (C=N–C) groups is 1. The second kappa shape index (κ2) is 46.3. The van der Waals surface area contributed by atoms with Gasteiger partial charge in [0.15, 0.2) is 0 Å². The number of rotatable bonds is 0. The van der Waals surface area contributed by atoms with Gasteiger partial charge in [-0.3, -0.25) is 34.9 Å². The quantitative estimate of drug-likeness (QED) is 0.156. The number of nitrogens with zero attached hydrogens (tertiary/aromatic N) is 7. The number of benzene rings is 8. The lowest BCUT2D eigenvalue weighted by atomic mass is 9.85. The van der Waals surface area contributed by atoms with Crippen molar-refractivity contribution in [2.45, 2.75) is 327 Å². The lowest BCUT2D eigenvalue weighted by Gasteiger charge is -2.19. The summed E-state index contributed by atoms with van der Waals surface area (Å²) in [6, 6.07) is 76.1. The second-order valence-corrected chi connectivity index (χ2v) is 51.1. The normalized spacial score (nSPS) is 13.5. The predicted molar refractivity (Wildman–Crippen MR) is 635 cm³/mol. The van der Waals surface area contributed by atoms with Gasteiger partial charge in [-0.15, -0.1) is 0 Å². The first-order valence-corrected chi connectivity index (χ1v) is 52.7. The summed E-state index contributed by atoms with van der Waals surface area (Å²) in [5.74, 6) is 0. The van der Waals surface area contributed by atoms with Gasteiger partial charge in [0.1, 0.15) is 0 Å². The molecule has 0 unspecified atom stereocenters. The number of H-pyrrole nitrogens is 2. The van der Waals surface area contributed by atoms with Crippen LogP contribution in [0.4, 0.5) is 5.69 Å². The van der Waals surface area contributed by atoms with E-state index in [4.69, 9.17) is 0 Å². The molecule has 9 nitrogen and oxygen atoms in total. The van der Waals surface area contributed by atoms with Gasteiger partial charge in [-0.25, -0.2) is 0 Å². The Morgan fingerprint density at radius 3 is 1.08 bits per heavy atom. The molecule has 0 spiro atoms. The highest BCUT2D eigenvalue weighted by molar-refractivity contribution is 5.83. The number of aromatic nitrogens is 8. The largest absolute Gasteiger partial charge is 0.361 e. The maximum absolute atomic E-state index is 4.46. The molecule has 146 heavy (non-hydrogen) atoms. The Hall–Kier alpha value is -13.1. The summed E-state index contributed by atoms with van der Waals surface area (Å²) in [6.07, 6.45) is 45.9. The zero-order valence-corrected chi connectivity index (χ0v) is 94.6. The number of hydrogen-bond acceptors (Lipinski definition) is 7. The summed E-state index contributed by atoms with van der Waals surface area (Å²) >= 11 is 0. The summed E-state index contributed by atoms with van der Waals surface area (Å²) < 4.78 is 0. The molecule has 760 valence electrons. The van der Waals surface area contributed by atoms with E-state index >= 15 is 0 Å². The second-order valence-electron chi connectivity index (χ2n) is 51.1. The van der Waals surface area contributed by atoms with Gasteiger partial charge in [0.2, 0.25) is 0 Å². The van der Waals surface area contributed by atoms with Crippen LogP contribution in [0.5, 0.6) is 0 Å². The van der Waals surface area contributed by atoms with Crippen LogP contribution in [0.2, 0.25) is 0 Å². The summed E-state index contributed by atoms with van der Waals surface area (Å²) in [5, 5.41) is 4.94. The Morgan fingerprint density at radius 1 is 0.205 bits per heavy atom. The third-order valence-corrected chi connectivity index (χ3v) is 27.5. The molecule has 0 bridgehead atoms. The average molecular weight is 1940 g/mol. The monoisotopic (exact) mass is 1940 g/mol. The molecule has 0 saturated heterocycles. The summed E-state index contributed by atoms with van der Waals surface area (Å²) in [7, 11) is 0. The van der Waals surface area contributed by atoms with E-state index in [1.165, 1.54) is 150 Å². The molecule has 16 aromatic rings. The van der Waals surface area contributed by atoms with Gasteiger partial charge < -0.3 is 9.97 Å². The Kier molecular flexibility index (Phi) is 35.4. The number of aromatic amines is 2. The topological polar surface area (TPSA) is 121 Å². The molecule has 0 saturated carbocycles. The van der Waals surface area contributed by atoms with E-state index in [0.29, 0.717) is 0 Å². The molecule has 0 fully saturated rings. The number of para-hydroxylation sites is 1. The molecule has 0 atom stereocenters. The van der Waals surface area contributed by atoms with Gasteiger partial charge in [-0.05, 0) is 280 Å². The van der Waals surface area contributed by atoms with Crippen LogP contribution in [0.3, 0.4) is 0 Å². The fraction of sp³-hybridized carbons (Fsp3) is 0.365. The molecule has 5 aliphatic carbocycles. The van der Waals surface area contributed by atoms with Gasteiger partial charge in [0, 0.05) is 96.7 Å². The molecule has 0 radical (unpaired) electrons. The number of pyridine rings is 6. The smallest absolute Gasteiger partial charge is 0.0878 e. The van der Waals surface area contributed by atoms with Gasteiger partial charge >= 0.3 is 0 Å². The van der Waals surface area contributed by atoms with Gasteiger partial charge in [-0.1, -0.05) is 417 Å². The van der Waals surface area contributed by atoms with Crippen LogP contribution in [0.15, 0.2) is 297 Å². The number of nitrogens with one attached hydrogen (secondary N) is 2. The van der Waals surface area contributed by atoms with Crippen molar-refractivity contribution in [1.82, 2.24) is 39.9 Å². The van der Waals surface area contributed by atoms with Crippen molar-refractivity contribution in [1.29, 1.82) is 0 Å². The van der Waals surface area contributed by atoms with Gasteiger partial charge in [0.25, 0.3) is 0 Å². The highest BCUT2D eigenvalue weighted by Gasteiger charge is 2.26. The maximum Gasteiger partial charge on any atom is 0.0878 e. The first kappa shape index (κ1) is 112. The Balaban J connectivity index is 0.000000143. The van der Waals surface area contributed by atoms with Gasteiger partial charge in [0.05, 0.1) is 44.7 Å². The van der Waals surface area contributed by atoms with Crippen molar-refractivity contribution in [3.8, 4) is 0 Å². The minimum atomic E-state index is 0.173. The lowest BCUT2D eigenvalue weighted by molar-refractivity contribution is 0.586. The van der Waals surface area contributed by atoms with E-state index in [9.17, 15) is 0 Å². The molecular weight excluding hydrogens is 1770 g/mol. The van der Waals surface area contributed by atoms with Crippen LogP contribution in [-0.2, 0) is 98.1 Å². The van der Waals surface area contributed by atoms with Crippen LogP contribution in [-0.4, -0.2) is 46.1 Å². The zero-order chi connectivity index (χ0) is 106. The minimum absolute atomic E-state index is 0.173. The van der Waals surface area contributed by atoms with Crippen molar-refractivity contribution in [2.75, 3.05) is 0 Å². The van der Waals surface area contributed by atoms with Crippen molar-refractivity contribution >= 4 is 96.9 Å². The zero-order valence-electron chi connectivity index (χ0n) is 94.6. The van der Waals surface area contributed by atoms with Crippen molar-refractivity contribution in [3.05, 3.63) is 415 Å². The van der Waals surface area contributed by atoms with E-state index in [1.807, 2.05) is 86.1 Å². The van der Waals surface area contributed by atoms with E-state index in [0.717, 1.165) is 71.8 Å². The lowest BCUT2D eigenvalue weighted by Crippen LogP contribution is -2.12. The SMILES string of the molecule is CC(C)(C)c1ccc2c(c1)C=CC2.CC(C)(C)c1ccc2c(c1)C=CC2.CC(C)(C)c1ccc2c(c1)CC=C2.CC(C)(C)c1ccc2c(c1)N=CC2.CC(C)(C)c1ccc2cc[nH]c2c1.CC(C)(C)c1ccc2cccnc2c1.CC(C)(C)c1ccc2ncccc2c1.CC(C)(C)c1cnc2c(c1)C=CC2.CC(C)(C)c1cnc2c(c1)C=CC2.CC(C)(C)c1cnc2cc[nH]c2c1.CC(C)(C)c1cnc2ccccc2c1.